The smallest absolute Gasteiger partial charge is 0.0346 e. The molecule has 0 fully saturated rings. The minimum absolute atomic E-state index is 0.0242. The average Bonchev–Trinajstić information content (AvgIpc) is 2.58. The van der Waals surface area contributed by atoms with Gasteiger partial charge in [0.05, 0.1) is 0 Å². The third-order valence-corrected chi connectivity index (χ3v) is 3.64. The van der Waals surface area contributed by atoms with Gasteiger partial charge in [0.25, 0.3) is 0 Å². The van der Waals surface area contributed by atoms with Crippen LogP contribution in [0.5, 0.6) is 0 Å². The maximum Gasteiger partial charge on any atom is 0.0346 e. The summed E-state index contributed by atoms with van der Waals surface area (Å²) in [5.74, 6) is 0. The lowest BCUT2D eigenvalue weighted by Crippen LogP contribution is -2.35. The average molecular weight is 234 g/mol. The summed E-state index contributed by atoms with van der Waals surface area (Å²) in [6, 6.07) is 8.39. The van der Waals surface area contributed by atoms with E-state index in [4.69, 9.17) is 11.5 Å². The Morgan fingerprint density at radius 2 is 2.00 bits per heavy atom. The SMILES string of the molecule is CC(C)(N)CC(N)c1csc2ccccc12. The van der Waals surface area contributed by atoms with Gasteiger partial charge in [0, 0.05) is 16.3 Å². The number of thiophene rings is 1. The molecule has 0 amide bonds. The lowest BCUT2D eigenvalue weighted by atomic mass is 9.92. The second-order valence-electron chi connectivity index (χ2n) is 4.99. The van der Waals surface area contributed by atoms with Gasteiger partial charge in [0.15, 0.2) is 0 Å². The first-order valence-electron chi connectivity index (χ1n) is 5.48. The molecule has 0 radical (unpaired) electrons. The molecule has 0 saturated carbocycles. The van der Waals surface area contributed by atoms with Gasteiger partial charge >= 0.3 is 0 Å². The molecule has 1 aromatic heterocycles. The third kappa shape index (κ3) is 2.43. The largest absolute Gasteiger partial charge is 0.325 e. The number of benzene rings is 1. The van der Waals surface area contributed by atoms with E-state index in [2.05, 4.69) is 29.6 Å². The molecular weight excluding hydrogens is 216 g/mol. The van der Waals surface area contributed by atoms with Crippen LogP contribution in [0.1, 0.15) is 31.9 Å². The maximum atomic E-state index is 6.22. The van der Waals surface area contributed by atoms with E-state index in [9.17, 15) is 0 Å². The van der Waals surface area contributed by atoms with Crippen LogP contribution in [0.25, 0.3) is 10.1 Å². The number of fused-ring (bicyclic) bond motifs is 1. The van der Waals surface area contributed by atoms with Crippen molar-refractivity contribution in [2.45, 2.75) is 31.8 Å². The number of hydrogen-bond donors (Lipinski definition) is 2. The Morgan fingerprint density at radius 1 is 1.31 bits per heavy atom. The second kappa shape index (κ2) is 4.17. The summed E-state index contributed by atoms with van der Waals surface area (Å²) in [5.41, 5.74) is 13.2. The molecule has 4 N–H and O–H groups in total. The maximum absolute atomic E-state index is 6.22. The zero-order valence-electron chi connectivity index (χ0n) is 9.73. The van der Waals surface area contributed by atoms with Crippen molar-refractivity contribution in [3.05, 3.63) is 35.2 Å². The topological polar surface area (TPSA) is 52.0 Å². The molecule has 1 heterocycles. The van der Waals surface area contributed by atoms with Crippen molar-refractivity contribution in [3.8, 4) is 0 Å². The van der Waals surface area contributed by atoms with Gasteiger partial charge in [0.2, 0.25) is 0 Å². The molecule has 86 valence electrons. The normalized spacial score (nSPS) is 14.2. The van der Waals surface area contributed by atoms with E-state index in [1.54, 1.807) is 11.3 Å². The van der Waals surface area contributed by atoms with Gasteiger partial charge < -0.3 is 11.5 Å². The quantitative estimate of drug-likeness (QED) is 0.857. The van der Waals surface area contributed by atoms with Crippen LogP contribution in [0.2, 0.25) is 0 Å². The molecule has 2 rings (SSSR count). The fourth-order valence-corrected chi connectivity index (χ4v) is 2.99. The summed E-state index contributed by atoms with van der Waals surface area (Å²) in [4.78, 5) is 0. The van der Waals surface area contributed by atoms with Gasteiger partial charge in [-0.3, -0.25) is 0 Å². The van der Waals surface area contributed by atoms with Crippen molar-refractivity contribution in [2.75, 3.05) is 0 Å². The van der Waals surface area contributed by atoms with Crippen molar-refractivity contribution in [2.24, 2.45) is 11.5 Å². The van der Waals surface area contributed by atoms with Crippen LogP contribution < -0.4 is 11.5 Å². The lowest BCUT2D eigenvalue weighted by Gasteiger charge is -2.23. The Morgan fingerprint density at radius 3 is 2.69 bits per heavy atom. The summed E-state index contributed by atoms with van der Waals surface area (Å²) >= 11 is 1.75. The summed E-state index contributed by atoms with van der Waals surface area (Å²) in [6.45, 7) is 4.03. The molecule has 1 aromatic carbocycles. The van der Waals surface area contributed by atoms with Gasteiger partial charge in [-0.25, -0.2) is 0 Å². The minimum atomic E-state index is -0.220. The van der Waals surface area contributed by atoms with E-state index in [0.29, 0.717) is 0 Å². The summed E-state index contributed by atoms with van der Waals surface area (Å²) in [6.07, 6.45) is 0.799. The number of hydrogen-bond acceptors (Lipinski definition) is 3. The van der Waals surface area contributed by atoms with Crippen LogP contribution in [0, 0.1) is 0 Å². The van der Waals surface area contributed by atoms with E-state index < -0.39 is 0 Å². The predicted octanol–water partition coefficient (Wildman–Crippen LogP) is 3.03. The molecule has 0 spiro atoms. The zero-order valence-corrected chi connectivity index (χ0v) is 10.6. The minimum Gasteiger partial charge on any atom is -0.325 e. The molecular formula is C13H18N2S. The van der Waals surface area contributed by atoms with E-state index in [0.717, 1.165) is 6.42 Å². The Balaban J connectivity index is 2.33. The van der Waals surface area contributed by atoms with E-state index in [1.807, 2.05) is 13.8 Å². The molecule has 2 nitrogen and oxygen atoms in total. The van der Waals surface area contributed by atoms with Crippen molar-refractivity contribution >= 4 is 21.4 Å². The van der Waals surface area contributed by atoms with Crippen LogP contribution in [0.3, 0.4) is 0 Å². The van der Waals surface area contributed by atoms with Gasteiger partial charge in [-0.15, -0.1) is 11.3 Å². The second-order valence-corrected chi connectivity index (χ2v) is 5.90. The first kappa shape index (κ1) is 11.6. The summed E-state index contributed by atoms with van der Waals surface area (Å²) in [5, 5.41) is 3.42. The Hall–Kier alpha value is -0.900. The van der Waals surface area contributed by atoms with Crippen molar-refractivity contribution in [1.29, 1.82) is 0 Å². The van der Waals surface area contributed by atoms with Gasteiger partial charge in [-0.2, -0.15) is 0 Å². The molecule has 0 bridgehead atoms. The molecule has 0 aliphatic carbocycles. The highest BCUT2D eigenvalue weighted by Crippen LogP contribution is 2.31. The Kier molecular flexibility index (Phi) is 3.02. The lowest BCUT2D eigenvalue weighted by molar-refractivity contribution is 0.430. The van der Waals surface area contributed by atoms with Crippen molar-refractivity contribution in [1.82, 2.24) is 0 Å². The highest BCUT2D eigenvalue weighted by molar-refractivity contribution is 7.17. The van der Waals surface area contributed by atoms with Crippen LogP contribution >= 0.6 is 11.3 Å². The highest BCUT2D eigenvalue weighted by Gasteiger charge is 2.19. The standard InChI is InChI=1S/C13H18N2S/c1-13(2,15)7-11(14)10-8-16-12-6-4-3-5-9(10)12/h3-6,8,11H,7,14-15H2,1-2H3. The molecule has 16 heavy (non-hydrogen) atoms. The fraction of sp³-hybridized carbons (Fsp3) is 0.385. The van der Waals surface area contributed by atoms with Crippen LogP contribution in [-0.2, 0) is 0 Å². The predicted molar refractivity (Wildman–Crippen MR) is 71.6 cm³/mol. The fourth-order valence-electron chi connectivity index (χ4n) is 1.96. The summed E-state index contributed by atoms with van der Waals surface area (Å²) in [7, 11) is 0. The summed E-state index contributed by atoms with van der Waals surface area (Å²) < 4.78 is 1.29. The molecule has 0 aliphatic rings. The molecule has 1 atom stereocenters. The monoisotopic (exact) mass is 234 g/mol. The van der Waals surface area contributed by atoms with Gasteiger partial charge in [0.1, 0.15) is 0 Å². The zero-order chi connectivity index (χ0) is 11.8. The Labute approximate surface area is 100 Å². The molecule has 3 heteroatoms. The van der Waals surface area contributed by atoms with Gasteiger partial charge in [-0.05, 0) is 42.7 Å². The Bertz CT molecular complexity index is 482. The van der Waals surface area contributed by atoms with E-state index >= 15 is 0 Å². The van der Waals surface area contributed by atoms with E-state index in [-0.39, 0.29) is 11.6 Å². The van der Waals surface area contributed by atoms with Crippen molar-refractivity contribution < 1.29 is 0 Å². The van der Waals surface area contributed by atoms with Crippen LogP contribution in [-0.4, -0.2) is 5.54 Å². The molecule has 2 aromatic rings. The molecule has 0 aliphatic heterocycles. The van der Waals surface area contributed by atoms with E-state index in [1.165, 1.54) is 15.6 Å². The molecule has 1 unspecified atom stereocenters. The van der Waals surface area contributed by atoms with Gasteiger partial charge in [-0.1, -0.05) is 18.2 Å². The van der Waals surface area contributed by atoms with Crippen LogP contribution in [0.15, 0.2) is 29.6 Å². The number of nitrogens with two attached hydrogens (primary N) is 2. The van der Waals surface area contributed by atoms with Crippen molar-refractivity contribution in [3.63, 3.8) is 0 Å². The highest BCUT2D eigenvalue weighted by atomic mass is 32.1. The number of rotatable bonds is 3. The van der Waals surface area contributed by atoms with Crippen LogP contribution in [0.4, 0.5) is 0 Å². The third-order valence-electron chi connectivity index (χ3n) is 2.66. The first-order valence-corrected chi connectivity index (χ1v) is 6.36. The first-order chi connectivity index (χ1) is 7.47. The molecule has 0 saturated heterocycles.